The Kier molecular flexibility index (Phi) is 4.03. The van der Waals surface area contributed by atoms with Crippen molar-refractivity contribution in [2.24, 2.45) is 0 Å². The fourth-order valence-corrected chi connectivity index (χ4v) is 2.80. The maximum Gasteiger partial charge on any atom is 0.236 e. The van der Waals surface area contributed by atoms with Crippen LogP contribution < -0.4 is 4.74 Å². The predicted molar refractivity (Wildman–Crippen MR) is 60.8 cm³/mol. The Hall–Kier alpha value is -0.530. The molecule has 0 atom stereocenters. The summed E-state index contributed by atoms with van der Waals surface area (Å²) >= 11 is 2.94. The van der Waals surface area contributed by atoms with Crippen molar-refractivity contribution in [2.45, 2.75) is 5.75 Å². The average molecular weight is 334 g/mol. The van der Waals surface area contributed by atoms with Gasteiger partial charge in [-0.15, -0.1) is 0 Å². The molecule has 0 fully saturated rings. The molecule has 1 N–H and O–H groups in total. The minimum Gasteiger partial charge on any atom is -0.504 e. The van der Waals surface area contributed by atoms with Crippen LogP contribution in [0, 0.1) is 5.82 Å². The quantitative estimate of drug-likeness (QED) is 0.863. The number of ether oxygens (including phenoxy) is 1. The highest BCUT2D eigenvalue weighted by atomic mass is 79.9. The zero-order valence-corrected chi connectivity index (χ0v) is 11.2. The molecule has 1 rings (SSSR count). The van der Waals surface area contributed by atoms with Crippen LogP contribution in [-0.4, -0.2) is 20.6 Å². The van der Waals surface area contributed by atoms with Crippen LogP contribution in [0.3, 0.4) is 0 Å². The Bertz CT molecular complexity index is 517. The molecule has 16 heavy (non-hydrogen) atoms. The lowest BCUT2D eigenvalue weighted by atomic mass is 10.2. The highest BCUT2D eigenvalue weighted by Crippen LogP contribution is 2.37. The number of halogens is 3. The van der Waals surface area contributed by atoms with Crippen molar-refractivity contribution in [3.8, 4) is 11.5 Å². The summed E-state index contributed by atoms with van der Waals surface area (Å²) in [5.41, 5.74) is -0.190. The fourth-order valence-electron chi connectivity index (χ4n) is 1.13. The van der Waals surface area contributed by atoms with Gasteiger partial charge in [0, 0.05) is 20.7 Å². The van der Waals surface area contributed by atoms with Crippen LogP contribution in [0.2, 0.25) is 0 Å². The molecule has 0 aliphatic heterocycles. The molecule has 0 aliphatic rings. The van der Waals surface area contributed by atoms with E-state index in [2.05, 4.69) is 20.7 Å². The molecular weight excluding hydrogens is 327 g/mol. The standard InChI is InChI=1S/C8H7BrClFO4S/c1-15-8-6(12)2-5(9)4(7(8)11)3-16(10,13)14/h2,12H,3H2,1H3. The summed E-state index contributed by atoms with van der Waals surface area (Å²) in [5.74, 6) is -2.50. The van der Waals surface area contributed by atoms with E-state index in [0.29, 0.717) is 0 Å². The van der Waals surface area contributed by atoms with E-state index in [0.717, 1.165) is 13.2 Å². The SMILES string of the molecule is COc1c(O)cc(Br)c(CS(=O)(=O)Cl)c1F. The normalized spacial score (nSPS) is 11.5. The number of aromatic hydroxyl groups is 1. The number of methoxy groups -OCH3 is 1. The Balaban J connectivity index is 3.40. The molecule has 1 aromatic rings. The molecule has 0 saturated carbocycles. The van der Waals surface area contributed by atoms with Gasteiger partial charge in [0.05, 0.1) is 12.9 Å². The molecule has 0 aromatic heterocycles. The Morgan fingerprint density at radius 2 is 2.19 bits per heavy atom. The van der Waals surface area contributed by atoms with Gasteiger partial charge in [0.25, 0.3) is 0 Å². The molecule has 0 heterocycles. The van der Waals surface area contributed by atoms with Crippen molar-refractivity contribution in [3.05, 3.63) is 21.9 Å². The van der Waals surface area contributed by atoms with Crippen LogP contribution in [0.4, 0.5) is 4.39 Å². The van der Waals surface area contributed by atoms with Gasteiger partial charge < -0.3 is 9.84 Å². The van der Waals surface area contributed by atoms with Gasteiger partial charge in [-0.05, 0) is 6.07 Å². The van der Waals surface area contributed by atoms with E-state index in [4.69, 9.17) is 10.7 Å². The fraction of sp³-hybridized carbons (Fsp3) is 0.250. The van der Waals surface area contributed by atoms with Crippen molar-refractivity contribution in [1.82, 2.24) is 0 Å². The number of benzene rings is 1. The third kappa shape index (κ3) is 2.99. The Morgan fingerprint density at radius 3 is 2.62 bits per heavy atom. The maximum absolute atomic E-state index is 13.7. The number of hydrogen-bond acceptors (Lipinski definition) is 4. The van der Waals surface area contributed by atoms with Crippen molar-refractivity contribution in [2.75, 3.05) is 7.11 Å². The Labute approximate surface area is 105 Å². The van der Waals surface area contributed by atoms with Crippen LogP contribution in [0.25, 0.3) is 0 Å². The van der Waals surface area contributed by atoms with Crippen LogP contribution >= 0.6 is 26.6 Å². The minimum atomic E-state index is -3.89. The minimum absolute atomic E-state index is 0.104. The van der Waals surface area contributed by atoms with Crippen molar-refractivity contribution >= 4 is 35.7 Å². The van der Waals surface area contributed by atoms with E-state index in [1.54, 1.807) is 0 Å². The molecule has 90 valence electrons. The van der Waals surface area contributed by atoms with Crippen molar-refractivity contribution in [1.29, 1.82) is 0 Å². The molecule has 0 aliphatic carbocycles. The first-order chi connectivity index (χ1) is 7.26. The summed E-state index contributed by atoms with van der Waals surface area (Å²) in [6, 6.07) is 1.14. The summed E-state index contributed by atoms with van der Waals surface area (Å²) in [4.78, 5) is 0. The molecule has 8 heteroatoms. The zero-order valence-electron chi connectivity index (χ0n) is 8.00. The summed E-state index contributed by atoms with van der Waals surface area (Å²) in [7, 11) is 2.29. The van der Waals surface area contributed by atoms with E-state index in [1.807, 2.05) is 0 Å². The van der Waals surface area contributed by atoms with E-state index < -0.39 is 32.1 Å². The average Bonchev–Trinajstić information content (AvgIpc) is 2.11. The first kappa shape index (κ1) is 13.5. The molecule has 0 unspecified atom stereocenters. The summed E-state index contributed by atoms with van der Waals surface area (Å²) in [6.45, 7) is 0. The molecule has 0 bridgehead atoms. The third-order valence-corrected chi connectivity index (χ3v) is 3.44. The van der Waals surface area contributed by atoms with Gasteiger partial charge in [0.15, 0.2) is 17.3 Å². The van der Waals surface area contributed by atoms with Crippen LogP contribution in [0.1, 0.15) is 5.56 Å². The second-order valence-corrected chi connectivity index (χ2v) is 6.52. The summed E-state index contributed by atoms with van der Waals surface area (Å²) < 4.78 is 40.1. The van der Waals surface area contributed by atoms with Gasteiger partial charge in [0.1, 0.15) is 0 Å². The highest BCUT2D eigenvalue weighted by Gasteiger charge is 2.21. The second kappa shape index (κ2) is 4.77. The molecular formula is C8H7BrClFO4S. The summed E-state index contributed by atoms with van der Waals surface area (Å²) in [5, 5.41) is 9.32. The summed E-state index contributed by atoms with van der Waals surface area (Å²) in [6.07, 6.45) is 0. The first-order valence-corrected chi connectivity index (χ1v) is 7.19. The van der Waals surface area contributed by atoms with E-state index in [-0.39, 0.29) is 10.0 Å². The highest BCUT2D eigenvalue weighted by molar-refractivity contribution is 9.10. The van der Waals surface area contributed by atoms with Gasteiger partial charge in [-0.3, -0.25) is 0 Å². The third-order valence-electron chi connectivity index (χ3n) is 1.77. The van der Waals surface area contributed by atoms with Crippen LogP contribution in [0.5, 0.6) is 11.5 Å². The molecule has 1 aromatic carbocycles. The second-order valence-electron chi connectivity index (χ2n) is 2.89. The smallest absolute Gasteiger partial charge is 0.236 e. The Morgan fingerprint density at radius 1 is 1.62 bits per heavy atom. The monoisotopic (exact) mass is 332 g/mol. The number of phenolic OH excluding ortho intramolecular Hbond substituents is 1. The van der Waals surface area contributed by atoms with Gasteiger partial charge in [0.2, 0.25) is 9.05 Å². The van der Waals surface area contributed by atoms with Crippen LogP contribution in [0.15, 0.2) is 10.5 Å². The lowest BCUT2D eigenvalue weighted by Gasteiger charge is -2.10. The predicted octanol–water partition coefficient (Wildman–Crippen LogP) is 2.37. The molecule has 4 nitrogen and oxygen atoms in total. The van der Waals surface area contributed by atoms with Crippen LogP contribution in [-0.2, 0) is 14.8 Å². The molecule has 0 amide bonds. The topological polar surface area (TPSA) is 63.6 Å². The van der Waals surface area contributed by atoms with Gasteiger partial charge >= 0.3 is 0 Å². The number of phenols is 1. The molecule has 0 saturated heterocycles. The number of rotatable bonds is 3. The molecule has 0 radical (unpaired) electrons. The van der Waals surface area contributed by atoms with Gasteiger partial charge in [-0.25, -0.2) is 12.8 Å². The zero-order chi connectivity index (χ0) is 12.5. The lowest BCUT2D eigenvalue weighted by Crippen LogP contribution is -2.02. The van der Waals surface area contributed by atoms with E-state index in [1.165, 1.54) is 0 Å². The maximum atomic E-state index is 13.7. The molecule has 0 spiro atoms. The first-order valence-electron chi connectivity index (χ1n) is 3.92. The van der Waals surface area contributed by atoms with E-state index in [9.17, 15) is 17.9 Å². The van der Waals surface area contributed by atoms with Crippen molar-refractivity contribution < 1.29 is 22.7 Å². The van der Waals surface area contributed by atoms with Gasteiger partial charge in [-0.1, -0.05) is 15.9 Å². The number of hydrogen-bond donors (Lipinski definition) is 1. The van der Waals surface area contributed by atoms with Gasteiger partial charge in [-0.2, -0.15) is 0 Å². The van der Waals surface area contributed by atoms with Crippen molar-refractivity contribution in [3.63, 3.8) is 0 Å². The lowest BCUT2D eigenvalue weighted by molar-refractivity contribution is 0.349. The van der Waals surface area contributed by atoms with E-state index >= 15 is 0 Å². The largest absolute Gasteiger partial charge is 0.504 e.